The third-order valence-corrected chi connectivity index (χ3v) is 3.92. The van der Waals surface area contributed by atoms with Gasteiger partial charge in [-0.05, 0) is 25.0 Å². The molecule has 0 aromatic heterocycles. The largest absolute Gasteiger partial charge is 0.348 e. The Bertz CT molecular complexity index is 628. The molecular weight excluding hydrogens is 288 g/mol. The maximum atomic E-state index is 12.2. The zero-order chi connectivity index (χ0) is 16.7. The second-order valence-corrected chi connectivity index (χ2v) is 5.56. The van der Waals surface area contributed by atoms with Crippen molar-refractivity contribution in [2.75, 3.05) is 6.54 Å². The average molecular weight is 310 g/mol. The topological polar surface area (TPSA) is 49.4 Å². The Balaban J connectivity index is 1.96. The quantitative estimate of drug-likeness (QED) is 0.799. The van der Waals surface area contributed by atoms with E-state index in [1.54, 1.807) is 0 Å². The molecule has 0 aliphatic heterocycles. The van der Waals surface area contributed by atoms with Crippen molar-refractivity contribution in [1.82, 2.24) is 10.2 Å². The van der Waals surface area contributed by atoms with E-state index in [4.69, 9.17) is 0 Å². The highest BCUT2D eigenvalue weighted by Crippen LogP contribution is 2.18. The molecule has 0 radical (unpaired) electrons. The van der Waals surface area contributed by atoms with E-state index in [0.29, 0.717) is 0 Å². The molecule has 0 saturated heterocycles. The first-order valence-corrected chi connectivity index (χ1v) is 7.72. The molecule has 2 amide bonds. The first kappa shape index (κ1) is 16.7. The third-order valence-electron chi connectivity index (χ3n) is 3.92. The van der Waals surface area contributed by atoms with Crippen LogP contribution in [0.25, 0.3) is 0 Å². The monoisotopic (exact) mass is 310 g/mol. The molecule has 0 bridgehead atoms. The number of carbonyl (C=O) groups is 2. The van der Waals surface area contributed by atoms with Crippen molar-refractivity contribution in [1.29, 1.82) is 0 Å². The number of hydrogen-bond acceptors (Lipinski definition) is 2. The Hall–Kier alpha value is -2.62. The minimum Gasteiger partial charge on any atom is -0.348 e. The summed E-state index contributed by atoms with van der Waals surface area (Å²) in [7, 11) is 0. The Labute approximate surface area is 137 Å². The zero-order valence-electron chi connectivity index (χ0n) is 13.5. The van der Waals surface area contributed by atoms with Crippen molar-refractivity contribution in [3.8, 4) is 0 Å². The normalized spacial score (nSPS) is 13.0. The number of nitrogens with zero attached hydrogens (tertiary/aromatic N) is 1. The van der Waals surface area contributed by atoms with Gasteiger partial charge in [0.25, 0.3) is 0 Å². The number of amides is 2. The van der Waals surface area contributed by atoms with Crippen molar-refractivity contribution in [3.05, 3.63) is 71.8 Å². The van der Waals surface area contributed by atoms with E-state index in [0.717, 1.165) is 17.5 Å². The predicted molar refractivity (Wildman–Crippen MR) is 90.6 cm³/mol. The lowest BCUT2D eigenvalue weighted by molar-refractivity contribution is -0.130. The van der Waals surface area contributed by atoms with Gasteiger partial charge in [0.15, 0.2) is 0 Å². The van der Waals surface area contributed by atoms with Crippen LogP contribution in [0.1, 0.15) is 37.1 Å². The molecule has 120 valence electrons. The Morgan fingerprint density at radius 1 is 1.00 bits per heavy atom. The van der Waals surface area contributed by atoms with Crippen LogP contribution in [0.2, 0.25) is 0 Å². The molecule has 0 spiro atoms. The molecule has 0 aliphatic rings. The molecule has 4 nitrogen and oxygen atoms in total. The number of hydrogen-bond donors (Lipinski definition) is 1. The summed E-state index contributed by atoms with van der Waals surface area (Å²) >= 11 is 0. The van der Waals surface area contributed by atoms with E-state index in [-0.39, 0.29) is 24.5 Å². The maximum Gasteiger partial charge on any atom is 0.240 e. The molecule has 23 heavy (non-hydrogen) atoms. The molecule has 1 N–H and O–H groups in total. The molecular formula is C19H22N2O2. The van der Waals surface area contributed by atoms with Crippen LogP contribution in [0.3, 0.4) is 0 Å². The number of rotatable bonds is 7. The first-order chi connectivity index (χ1) is 11.1. The minimum absolute atomic E-state index is 0.0384. The molecule has 0 fully saturated rings. The van der Waals surface area contributed by atoms with Crippen LogP contribution < -0.4 is 5.32 Å². The van der Waals surface area contributed by atoms with Gasteiger partial charge in [-0.1, -0.05) is 60.7 Å². The number of carbonyl (C=O) groups excluding carboxylic acids is 2. The van der Waals surface area contributed by atoms with Crippen LogP contribution in [0, 0.1) is 0 Å². The van der Waals surface area contributed by atoms with Gasteiger partial charge in [-0.2, -0.15) is 0 Å². The van der Waals surface area contributed by atoms with Gasteiger partial charge in [-0.3, -0.25) is 9.59 Å². The van der Waals surface area contributed by atoms with Gasteiger partial charge >= 0.3 is 0 Å². The van der Waals surface area contributed by atoms with Crippen LogP contribution in [0.4, 0.5) is 0 Å². The molecule has 0 aliphatic carbocycles. The molecule has 2 aromatic rings. The molecule has 2 atom stereocenters. The smallest absolute Gasteiger partial charge is 0.240 e. The second-order valence-electron chi connectivity index (χ2n) is 5.56. The fraction of sp³-hybridized carbons (Fsp3) is 0.263. The summed E-state index contributed by atoms with van der Waals surface area (Å²) in [5.41, 5.74) is 2.04. The van der Waals surface area contributed by atoms with E-state index in [1.807, 2.05) is 74.5 Å². The van der Waals surface area contributed by atoms with Gasteiger partial charge in [0.2, 0.25) is 12.3 Å². The summed E-state index contributed by atoms with van der Waals surface area (Å²) < 4.78 is 0. The molecule has 0 saturated carbocycles. The summed E-state index contributed by atoms with van der Waals surface area (Å²) in [6, 6.07) is 19.2. The summed E-state index contributed by atoms with van der Waals surface area (Å²) in [4.78, 5) is 25.1. The predicted octanol–water partition coefficient (Wildman–Crippen LogP) is 3.08. The molecule has 2 rings (SSSR count). The molecule has 2 aromatic carbocycles. The van der Waals surface area contributed by atoms with Crippen molar-refractivity contribution in [3.63, 3.8) is 0 Å². The lowest BCUT2D eigenvalue weighted by Gasteiger charge is -2.25. The summed E-state index contributed by atoms with van der Waals surface area (Å²) in [6.45, 7) is 3.88. The van der Waals surface area contributed by atoms with Crippen molar-refractivity contribution in [2.24, 2.45) is 0 Å². The highest BCUT2D eigenvalue weighted by Gasteiger charge is 2.18. The van der Waals surface area contributed by atoms with Gasteiger partial charge in [-0.15, -0.1) is 0 Å². The van der Waals surface area contributed by atoms with Crippen molar-refractivity contribution in [2.45, 2.75) is 25.9 Å². The first-order valence-electron chi connectivity index (χ1n) is 7.72. The van der Waals surface area contributed by atoms with Crippen LogP contribution >= 0.6 is 0 Å². The van der Waals surface area contributed by atoms with E-state index in [1.165, 1.54) is 4.90 Å². The van der Waals surface area contributed by atoms with E-state index >= 15 is 0 Å². The maximum absolute atomic E-state index is 12.2. The average Bonchev–Trinajstić information content (AvgIpc) is 2.60. The molecule has 0 heterocycles. The second kappa shape index (κ2) is 8.13. The standard InChI is InChI=1S/C19H22N2O2/c1-15(17-9-5-3-6-10-17)20-19(23)13-21(14-22)16(2)18-11-7-4-8-12-18/h3-12,14-16H,13H2,1-2H3,(H,20,23)/t15-,16-/m1/s1. The Morgan fingerprint density at radius 3 is 2.04 bits per heavy atom. The van der Waals surface area contributed by atoms with Crippen LogP contribution in [0.5, 0.6) is 0 Å². The summed E-state index contributed by atoms with van der Waals surface area (Å²) in [5.74, 6) is -0.170. The lowest BCUT2D eigenvalue weighted by atomic mass is 10.1. The molecule has 4 heteroatoms. The number of benzene rings is 2. The van der Waals surface area contributed by atoms with Crippen LogP contribution in [-0.4, -0.2) is 23.8 Å². The van der Waals surface area contributed by atoms with E-state index < -0.39 is 0 Å². The fourth-order valence-corrected chi connectivity index (χ4v) is 2.47. The van der Waals surface area contributed by atoms with Crippen molar-refractivity contribution < 1.29 is 9.59 Å². The van der Waals surface area contributed by atoms with E-state index in [9.17, 15) is 9.59 Å². The van der Waals surface area contributed by atoms with Crippen LogP contribution in [0.15, 0.2) is 60.7 Å². The minimum atomic E-state index is -0.170. The fourth-order valence-electron chi connectivity index (χ4n) is 2.47. The third kappa shape index (κ3) is 4.68. The van der Waals surface area contributed by atoms with Gasteiger partial charge in [0.05, 0.1) is 18.6 Å². The lowest BCUT2D eigenvalue weighted by Crippen LogP contribution is -2.38. The van der Waals surface area contributed by atoms with Gasteiger partial charge < -0.3 is 10.2 Å². The SMILES string of the molecule is C[C@H](c1ccccc1)N(C=O)CC(=O)N[C@H](C)c1ccccc1. The molecule has 0 unspecified atom stereocenters. The summed E-state index contributed by atoms with van der Waals surface area (Å²) in [5, 5.41) is 2.93. The Kier molecular flexibility index (Phi) is 5.92. The zero-order valence-corrected chi connectivity index (χ0v) is 13.5. The Morgan fingerprint density at radius 2 is 1.52 bits per heavy atom. The highest BCUT2D eigenvalue weighted by atomic mass is 16.2. The summed E-state index contributed by atoms with van der Waals surface area (Å²) in [6.07, 6.45) is 0.727. The van der Waals surface area contributed by atoms with Gasteiger partial charge in [0.1, 0.15) is 0 Å². The number of nitrogens with one attached hydrogen (secondary N) is 1. The van der Waals surface area contributed by atoms with Crippen LogP contribution in [-0.2, 0) is 9.59 Å². The van der Waals surface area contributed by atoms with E-state index in [2.05, 4.69) is 5.32 Å². The highest BCUT2D eigenvalue weighted by molar-refractivity contribution is 5.80. The van der Waals surface area contributed by atoms with Crippen molar-refractivity contribution >= 4 is 12.3 Å². The van der Waals surface area contributed by atoms with Gasteiger partial charge in [-0.25, -0.2) is 0 Å². The van der Waals surface area contributed by atoms with Gasteiger partial charge in [0, 0.05) is 0 Å².